The Kier molecular flexibility index (Phi) is 5.58. The number of hydrogen-bond donors (Lipinski definition) is 1. The van der Waals surface area contributed by atoms with Gasteiger partial charge < -0.3 is 15.1 Å². The quantitative estimate of drug-likeness (QED) is 0.656. The number of nitrogens with zero attached hydrogens (tertiary/aromatic N) is 2. The van der Waals surface area contributed by atoms with Crippen LogP contribution in [0.15, 0.2) is 0 Å². The smallest absolute Gasteiger partial charge is 0.0107 e. The van der Waals surface area contributed by atoms with E-state index < -0.39 is 0 Å². The highest BCUT2D eigenvalue weighted by Crippen LogP contribution is 2.21. The van der Waals surface area contributed by atoms with E-state index in [1.807, 2.05) is 0 Å². The van der Waals surface area contributed by atoms with E-state index in [1.165, 1.54) is 19.6 Å². The molecule has 0 aromatic carbocycles. The molecule has 1 rings (SSSR count). The molecule has 1 fully saturated rings. The van der Waals surface area contributed by atoms with Crippen LogP contribution in [0.3, 0.4) is 0 Å². The van der Waals surface area contributed by atoms with E-state index in [2.05, 4.69) is 43.1 Å². The topological polar surface area (TPSA) is 18.5 Å². The van der Waals surface area contributed by atoms with Crippen LogP contribution < -0.4 is 5.32 Å². The van der Waals surface area contributed by atoms with Crippen molar-refractivity contribution in [2.75, 3.05) is 53.4 Å². The molecule has 1 aliphatic heterocycles. The highest BCUT2D eigenvalue weighted by molar-refractivity contribution is 4.78. The summed E-state index contributed by atoms with van der Waals surface area (Å²) in [6.45, 7) is 11.9. The van der Waals surface area contributed by atoms with Crippen LogP contribution in [0.4, 0.5) is 0 Å². The summed E-state index contributed by atoms with van der Waals surface area (Å²) >= 11 is 0. The van der Waals surface area contributed by atoms with Gasteiger partial charge in [0.05, 0.1) is 0 Å². The standard InChI is InChI=1S/C12H27N3/c1-11-9-15(10-12(11)2)8-6-13-5-7-14(3)4/h11-13H,5-10H2,1-4H3. The molecule has 0 aromatic heterocycles. The first-order valence-electron chi connectivity index (χ1n) is 6.17. The Bertz CT molecular complexity index is 160. The largest absolute Gasteiger partial charge is 0.314 e. The number of likely N-dealkylation sites (tertiary alicyclic amines) is 1. The third-order valence-corrected chi connectivity index (χ3v) is 3.40. The fraction of sp³-hybridized carbons (Fsp3) is 1.00. The summed E-state index contributed by atoms with van der Waals surface area (Å²) in [5, 5.41) is 3.49. The predicted molar refractivity (Wildman–Crippen MR) is 66.2 cm³/mol. The molecule has 0 aromatic rings. The molecule has 0 aliphatic carbocycles. The van der Waals surface area contributed by atoms with Crippen molar-refractivity contribution >= 4 is 0 Å². The van der Waals surface area contributed by atoms with Crippen LogP contribution in [-0.4, -0.2) is 63.2 Å². The van der Waals surface area contributed by atoms with Crippen molar-refractivity contribution in [3.63, 3.8) is 0 Å². The Balaban J connectivity index is 1.97. The molecular formula is C12H27N3. The van der Waals surface area contributed by atoms with Gasteiger partial charge in [0.25, 0.3) is 0 Å². The van der Waals surface area contributed by atoms with Gasteiger partial charge in [-0.1, -0.05) is 13.8 Å². The SMILES string of the molecule is CC1CN(CCNCCN(C)C)CC1C. The fourth-order valence-electron chi connectivity index (χ4n) is 2.10. The lowest BCUT2D eigenvalue weighted by Crippen LogP contribution is -2.34. The lowest BCUT2D eigenvalue weighted by molar-refractivity contribution is 0.316. The van der Waals surface area contributed by atoms with E-state index in [0.717, 1.165) is 31.5 Å². The second kappa shape index (κ2) is 6.46. The minimum atomic E-state index is 0.881. The van der Waals surface area contributed by atoms with Gasteiger partial charge in [-0.05, 0) is 25.9 Å². The summed E-state index contributed by atoms with van der Waals surface area (Å²) < 4.78 is 0. The first-order valence-corrected chi connectivity index (χ1v) is 6.17. The summed E-state index contributed by atoms with van der Waals surface area (Å²) in [4.78, 5) is 4.80. The predicted octanol–water partition coefficient (Wildman–Crippen LogP) is 0.725. The van der Waals surface area contributed by atoms with E-state index in [1.54, 1.807) is 0 Å². The van der Waals surface area contributed by atoms with Crippen molar-refractivity contribution in [2.45, 2.75) is 13.8 Å². The Morgan fingerprint density at radius 2 is 1.73 bits per heavy atom. The number of rotatable bonds is 6. The average Bonchev–Trinajstić information content (AvgIpc) is 2.45. The van der Waals surface area contributed by atoms with Gasteiger partial charge in [0.1, 0.15) is 0 Å². The highest BCUT2D eigenvalue weighted by atomic mass is 15.2. The number of nitrogens with one attached hydrogen (secondary N) is 1. The van der Waals surface area contributed by atoms with Gasteiger partial charge in [-0.25, -0.2) is 0 Å². The molecule has 0 saturated carbocycles. The Labute approximate surface area is 94.8 Å². The summed E-state index contributed by atoms with van der Waals surface area (Å²) in [5.41, 5.74) is 0. The Morgan fingerprint density at radius 1 is 1.13 bits per heavy atom. The Hall–Kier alpha value is -0.120. The zero-order valence-electron chi connectivity index (χ0n) is 10.8. The van der Waals surface area contributed by atoms with Crippen LogP contribution in [0.1, 0.15) is 13.8 Å². The van der Waals surface area contributed by atoms with E-state index >= 15 is 0 Å². The zero-order valence-corrected chi connectivity index (χ0v) is 10.8. The molecule has 1 saturated heterocycles. The minimum absolute atomic E-state index is 0.881. The van der Waals surface area contributed by atoms with Crippen LogP contribution in [0.5, 0.6) is 0 Å². The molecule has 0 radical (unpaired) electrons. The second-order valence-electron chi connectivity index (χ2n) is 5.27. The van der Waals surface area contributed by atoms with Crippen molar-refractivity contribution in [1.82, 2.24) is 15.1 Å². The molecule has 2 unspecified atom stereocenters. The first-order chi connectivity index (χ1) is 7.09. The maximum Gasteiger partial charge on any atom is 0.0107 e. The van der Waals surface area contributed by atoms with Gasteiger partial charge in [-0.2, -0.15) is 0 Å². The van der Waals surface area contributed by atoms with Crippen LogP contribution in [-0.2, 0) is 0 Å². The van der Waals surface area contributed by atoms with Gasteiger partial charge in [0.2, 0.25) is 0 Å². The molecule has 0 spiro atoms. The Morgan fingerprint density at radius 3 is 2.27 bits per heavy atom. The molecule has 1 heterocycles. The fourth-order valence-corrected chi connectivity index (χ4v) is 2.10. The lowest BCUT2D eigenvalue weighted by atomic mass is 10.0. The van der Waals surface area contributed by atoms with Crippen molar-refractivity contribution < 1.29 is 0 Å². The van der Waals surface area contributed by atoms with Crippen molar-refractivity contribution in [3.05, 3.63) is 0 Å². The third kappa shape index (κ3) is 4.96. The monoisotopic (exact) mass is 213 g/mol. The van der Waals surface area contributed by atoms with Gasteiger partial charge >= 0.3 is 0 Å². The highest BCUT2D eigenvalue weighted by Gasteiger charge is 2.24. The molecule has 0 bridgehead atoms. The molecule has 90 valence electrons. The first kappa shape index (κ1) is 12.9. The lowest BCUT2D eigenvalue weighted by Gasteiger charge is -2.16. The summed E-state index contributed by atoms with van der Waals surface area (Å²) in [6.07, 6.45) is 0. The summed E-state index contributed by atoms with van der Waals surface area (Å²) in [5.74, 6) is 1.76. The average molecular weight is 213 g/mol. The second-order valence-corrected chi connectivity index (χ2v) is 5.27. The van der Waals surface area contributed by atoms with Crippen LogP contribution in [0, 0.1) is 11.8 Å². The summed E-state index contributed by atoms with van der Waals surface area (Å²) in [7, 11) is 4.23. The van der Waals surface area contributed by atoms with E-state index in [-0.39, 0.29) is 0 Å². The molecule has 1 aliphatic rings. The normalized spacial score (nSPS) is 27.8. The molecule has 2 atom stereocenters. The molecular weight excluding hydrogens is 186 g/mol. The van der Waals surface area contributed by atoms with E-state index in [0.29, 0.717) is 0 Å². The van der Waals surface area contributed by atoms with Crippen molar-refractivity contribution in [1.29, 1.82) is 0 Å². The summed E-state index contributed by atoms with van der Waals surface area (Å²) in [6, 6.07) is 0. The minimum Gasteiger partial charge on any atom is -0.314 e. The van der Waals surface area contributed by atoms with Crippen molar-refractivity contribution in [3.8, 4) is 0 Å². The molecule has 1 N–H and O–H groups in total. The molecule has 15 heavy (non-hydrogen) atoms. The maximum atomic E-state index is 3.49. The van der Waals surface area contributed by atoms with Gasteiger partial charge in [0, 0.05) is 39.3 Å². The molecule has 3 heteroatoms. The van der Waals surface area contributed by atoms with Gasteiger partial charge in [0.15, 0.2) is 0 Å². The molecule has 0 amide bonds. The zero-order chi connectivity index (χ0) is 11.3. The van der Waals surface area contributed by atoms with Crippen LogP contribution in [0.25, 0.3) is 0 Å². The van der Waals surface area contributed by atoms with Crippen LogP contribution in [0.2, 0.25) is 0 Å². The van der Waals surface area contributed by atoms with Gasteiger partial charge in [-0.15, -0.1) is 0 Å². The van der Waals surface area contributed by atoms with E-state index in [9.17, 15) is 0 Å². The van der Waals surface area contributed by atoms with Crippen LogP contribution >= 0.6 is 0 Å². The van der Waals surface area contributed by atoms with E-state index in [4.69, 9.17) is 0 Å². The number of hydrogen-bond acceptors (Lipinski definition) is 3. The molecule has 3 nitrogen and oxygen atoms in total. The maximum absolute atomic E-state index is 3.49. The van der Waals surface area contributed by atoms with Gasteiger partial charge in [-0.3, -0.25) is 0 Å². The number of likely N-dealkylation sites (N-methyl/N-ethyl adjacent to an activating group) is 1. The third-order valence-electron chi connectivity index (χ3n) is 3.40. The van der Waals surface area contributed by atoms with Crippen molar-refractivity contribution in [2.24, 2.45) is 11.8 Å².